The van der Waals surface area contributed by atoms with Crippen LogP contribution in [0.5, 0.6) is 0 Å². The average Bonchev–Trinajstić information content (AvgIpc) is 3.10. The SMILES string of the molecule is Fc1c(F)c(F)c(-c2ccc3c(c2F)-c2c(F)c(F)c(F)c(F)c2C3)c(F)c1F. The van der Waals surface area contributed by atoms with E-state index in [2.05, 4.69) is 0 Å². The lowest BCUT2D eigenvalue weighted by Crippen LogP contribution is -2.06. The Kier molecular flexibility index (Phi) is 4.14. The molecule has 29 heavy (non-hydrogen) atoms. The van der Waals surface area contributed by atoms with Gasteiger partial charge in [0.2, 0.25) is 5.82 Å². The van der Waals surface area contributed by atoms with Crippen molar-refractivity contribution in [3.05, 3.63) is 81.4 Å². The van der Waals surface area contributed by atoms with Crippen molar-refractivity contribution in [2.24, 2.45) is 0 Å². The summed E-state index contributed by atoms with van der Waals surface area (Å²) in [5.41, 5.74) is -5.64. The maximum absolute atomic E-state index is 15.0. The van der Waals surface area contributed by atoms with Gasteiger partial charge in [0.05, 0.1) is 5.56 Å². The molecule has 0 saturated carbocycles. The highest BCUT2D eigenvalue weighted by molar-refractivity contribution is 5.83. The average molecular weight is 422 g/mol. The Morgan fingerprint density at radius 1 is 0.414 bits per heavy atom. The van der Waals surface area contributed by atoms with E-state index in [9.17, 15) is 39.5 Å². The van der Waals surface area contributed by atoms with Crippen molar-refractivity contribution in [3.8, 4) is 22.3 Å². The largest absolute Gasteiger partial charge is 0.206 e. The van der Waals surface area contributed by atoms with Gasteiger partial charge >= 0.3 is 0 Å². The van der Waals surface area contributed by atoms with Crippen molar-refractivity contribution in [3.63, 3.8) is 0 Å². The zero-order valence-corrected chi connectivity index (χ0v) is 13.6. The molecule has 0 nitrogen and oxygen atoms in total. The first-order valence-electron chi connectivity index (χ1n) is 7.76. The molecule has 3 aromatic rings. The summed E-state index contributed by atoms with van der Waals surface area (Å²) in [4.78, 5) is 0. The van der Waals surface area contributed by atoms with Crippen LogP contribution in [0.1, 0.15) is 11.1 Å². The minimum atomic E-state index is -2.47. The molecule has 10 heteroatoms. The van der Waals surface area contributed by atoms with Gasteiger partial charge in [0.15, 0.2) is 46.5 Å². The number of benzene rings is 3. The van der Waals surface area contributed by atoms with E-state index in [-0.39, 0.29) is 5.56 Å². The monoisotopic (exact) mass is 422 g/mol. The predicted octanol–water partition coefficient (Wildman–Crippen LogP) is 6.32. The fourth-order valence-corrected chi connectivity index (χ4v) is 3.36. The number of halogens is 10. The van der Waals surface area contributed by atoms with Crippen LogP contribution in [0.2, 0.25) is 0 Å². The van der Waals surface area contributed by atoms with Crippen LogP contribution in [0.15, 0.2) is 12.1 Å². The lowest BCUT2D eigenvalue weighted by Gasteiger charge is -2.13. The zero-order chi connectivity index (χ0) is 21.4. The zero-order valence-electron chi connectivity index (χ0n) is 13.6. The van der Waals surface area contributed by atoms with E-state index in [0.29, 0.717) is 6.07 Å². The summed E-state index contributed by atoms with van der Waals surface area (Å²) in [6, 6.07) is 1.54. The van der Waals surface area contributed by atoms with Crippen LogP contribution in [0.25, 0.3) is 22.3 Å². The van der Waals surface area contributed by atoms with Crippen LogP contribution >= 0.6 is 0 Å². The first kappa shape index (κ1) is 19.3. The van der Waals surface area contributed by atoms with Gasteiger partial charge in [0.25, 0.3) is 0 Å². The molecule has 0 fully saturated rings. The van der Waals surface area contributed by atoms with E-state index in [0.717, 1.165) is 6.07 Å². The third-order valence-electron chi connectivity index (χ3n) is 4.69. The van der Waals surface area contributed by atoms with E-state index in [4.69, 9.17) is 0 Å². The topological polar surface area (TPSA) is 0 Å². The summed E-state index contributed by atoms with van der Waals surface area (Å²) in [5.74, 6) is -21.7. The first-order valence-corrected chi connectivity index (χ1v) is 7.76. The molecule has 0 spiro atoms. The second kappa shape index (κ2) is 6.23. The molecule has 0 aliphatic heterocycles. The number of hydrogen-bond donors (Lipinski definition) is 0. The fraction of sp³-hybridized carbons (Fsp3) is 0.0526. The fourth-order valence-electron chi connectivity index (χ4n) is 3.36. The number of hydrogen-bond acceptors (Lipinski definition) is 0. The Balaban J connectivity index is 2.08. The molecule has 150 valence electrons. The summed E-state index contributed by atoms with van der Waals surface area (Å²) in [6.45, 7) is 0. The smallest absolute Gasteiger partial charge is 0.200 e. The highest BCUT2D eigenvalue weighted by Crippen LogP contribution is 2.46. The van der Waals surface area contributed by atoms with Crippen LogP contribution < -0.4 is 0 Å². The standard InChI is InChI=1S/C19H4F10/c20-10-5(9-13(23)17(27)19(29)18(28)14(9)24)2-1-4-3-6-8(7(4)10)12(22)16(26)15(25)11(6)21/h1-2H,3H2. The molecular weight excluding hydrogens is 418 g/mol. The summed E-state index contributed by atoms with van der Waals surface area (Å²) in [6.07, 6.45) is -0.584. The lowest BCUT2D eigenvalue weighted by molar-refractivity contribution is 0.381. The van der Waals surface area contributed by atoms with E-state index in [1.807, 2.05) is 0 Å². The van der Waals surface area contributed by atoms with Gasteiger partial charge in [-0.2, -0.15) is 0 Å². The second-order valence-electron chi connectivity index (χ2n) is 6.19. The molecule has 0 unspecified atom stereocenters. The molecule has 0 amide bonds. The highest BCUT2D eigenvalue weighted by Gasteiger charge is 2.36. The van der Waals surface area contributed by atoms with Crippen LogP contribution in [0.3, 0.4) is 0 Å². The molecule has 0 radical (unpaired) electrons. The molecule has 3 aromatic carbocycles. The van der Waals surface area contributed by atoms with Crippen molar-refractivity contribution in [2.45, 2.75) is 6.42 Å². The number of fused-ring (bicyclic) bond motifs is 3. The van der Waals surface area contributed by atoms with Gasteiger partial charge in [-0.25, -0.2) is 43.9 Å². The Labute approximate surface area is 155 Å². The lowest BCUT2D eigenvalue weighted by atomic mass is 9.96. The maximum atomic E-state index is 15.0. The van der Waals surface area contributed by atoms with Gasteiger partial charge in [-0.05, 0) is 5.56 Å². The predicted molar refractivity (Wildman–Crippen MR) is 79.7 cm³/mol. The minimum Gasteiger partial charge on any atom is -0.206 e. The van der Waals surface area contributed by atoms with Crippen molar-refractivity contribution >= 4 is 0 Å². The first-order chi connectivity index (χ1) is 13.6. The molecule has 1 aliphatic carbocycles. The van der Waals surface area contributed by atoms with Crippen LogP contribution in [0.4, 0.5) is 43.9 Å². The van der Waals surface area contributed by atoms with Gasteiger partial charge in [0.1, 0.15) is 5.82 Å². The summed E-state index contributed by atoms with van der Waals surface area (Å²) < 4.78 is 139. The molecule has 0 atom stereocenters. The normalized spacial score (nSPS) is 12.3. The van der Waals surface area contributed by atoms with E-state index in [1.165, 1.54) is 0 Å². The van der Waals surface area contributed by atoms with Crippen LogP contribution in [-0.4, -0.2) is 0 Å². The highest BCUT2D eigenvalue weighted by atomic mass is 19.2. The van der Waals surface area contributed by atoms with E-state index >= 15 is 4.39 Å². The van der Waals surface area contributed by atoms with Crippen molar-refractivity contribution < 1.29 is 43.9 Å². The van der Waals surface area contributed by atoms with Crippen LogP contribution in [0, 0.1) is 58.2 Å². The van der Waals surface area contributed by atoms with Gasteiger partial charge < -0.3 is 0 Å². The van der Waals surface area contributed by atoms with Gasteiger partial charge in [0, 0.05) is 28.7 Å². The Bertz CT molecular complexity index is 1200. The Hall–Kier alpha value is -3.04. The summed E-state index contributed by atoms with van der Waals surface area (Å²) >= 11 is 0. The van der Waals surface area contributed by atoms with E-state index < -0.39 is 92.4 Å². The summed E-state index contributed by atoms with van der Waals surface area (Å²) in [5, 5.41) is 0. The second-order valence-corrected chi connectivity index (χ2v) is 6.19. The molecule has 0 N–H and O–H groups in total. The summed E-state index contributed by atoms with van der Waals surface area (Å²) in [7, 11) is 0. The third kappa shape index (κ3) is 2.41. The Morgan fingerprint density at radius 2 is 0.862 bits per heavy atom. The quantitative estimate of drug-likeness (QED) is 0.192. The van der Waals surface area contributed by atoms with Crippen LogP contribution in [-0.2, 0) is 6.42 Å². The van der Waals surface area contributed by atoms with Gasteiger partial charge in [-0.3, -0.25) is 0 Å². The molecule has 0 bridgehead atoms. The molecule has 4 rings (SSSR count). The Morgan fingerprint density at radius 3 is 1.41 bits per heavy atom. The maximum Gasteiger partial charge on any atom is 0.200 e. The minimum absolute atomic E-state index is 0.201. The molecular formula is C19H4F10. The van der Waals surface area contributed by atoms with Gasteiger partial charge in [-0.1, -0.05) is 12.1 Å². The molecule has 0 aromatic heterocycles. The molecule has 1 aliphatic rings. The number of rotatable bonds is 1. The van der Waals surface area contributed by atoms with Crippen molar-refractivity contribution in [1.82, 2.24) is 0 Å². The third-order valence-corrected chi connectivity index (χ3v) is 4.69. The van der Waals surface area contributed by atoms with E-state index in [1.54, 1.807) is 0 Å². The van der Waals surface area contributed by atoms with Crippen molar-refractivity contribution in [1.29, 1.82) is 0 Å². The van der Waals surface area contributed by atoms with Gasteiger partial charge in [-0.15, -0.1) is 0 Å². The molecule has 0 heterocycles. The molecule has 0 saturated heterocycles. The van der Waals surface area contributed by atoms with Crippen molar-refractivity contribution in [2.75, 3.05) is 0 Å².